The first-order valence-corrected chi connectivity index (χ1v) is 1.55. The molecule has 0 heterocycles. The van der Waals surface area contributed by atoms with Gasteiger partial charge < -0.3 is 0 Å². The van der Waals surface area contributed by atoms with Gasteiger partial charge in [-0.05, 0) is 6.92 Å². The molecule has 0 aromatic rings. The van der Waals surface area contributed by atoms with Crippen LogP contribution in [0.2, 0.25) is 0 Å². The van der Waals surface area contributed by atoms with Crippen molar-refractivity contribution >= 4 is 18.9 Å². The van der Waals surface area contributed by atoms with E-state index in [0.29, 0.717) is 0 Å². The minimum atomic E-state index is 0. The van der Waals surface area contributed by atoms with Gasteiger partial charge in [0.15, 0.2) is 0 Å². The van der Waals surface area contributed by atoms with E-state index >= 15 is 0 Å². The van der Waals surface area contributed by atoms with Crippen molar-refractivity contribution in [3.8, 4) is 0 Å². The Morgan fingerprint density at radius 2 is 1.83 bits per heavy atom. The fraction of sp³-hybridized carbons (Fsp3) is 0.200. The monoisotopic (exact) mass is 76.1 g/mol. The Hall–Kier alpha value is 0.0774. The van der Waals surface area contributed by atoms with Gasteiger partial charge in [0.1, 0.15) is 0 Å². The van der Waals surface area contributed by atoms with Crippen LogP contribution in [-0.2, 0) is 0 Å². The Balaban J connectivity index is 0. The van der Waals surface area contributed by atoms with E-state index in [0.717, 1.165) is 5.57 Å². The van der Waals surface area contributed by atoms with E-state index in [1.807, 2.05) is 6.92 Å². The van der Waals surface area contributed by atoms with Crippen molar-refractivity contribution in [3.63, 3.8) is 0 Å². The summed E-state index contributed by atoms with van der Waals surface area (Å²) in [7, 11) is 0. The first-order chi connectivity index (χ1) is 2.27. The normalized spacial score (nSPS) is 5.50. The molecule has 0 spiro atoms. The average molecular weight is 76.1 g/mol. The van der Waals surface area contributed by atoms with Gasteiger partial charge >= 0.3 is 18.9 Å². The van der Waals surface area contributed by atoms with Crippen LogP contribution in [0.3, 0.4) is 0 Å². The molecule has 0 N–H and O–H groups in total. The molecule has 0 fully saturated rings. The van der Waals surface area contributed by atoms with Crippen LogP contribution in [-0.4, -0.2) is 18.9 Å². The molecule has 0 aliphatic carbocycles. The third kappa shape index (κ3) is 8.95. The molecule has 0 unspecified atom stereocenters. The number of rotatable bonds is 1. The van der Waals surface area contributed by atoms with Crippen LogP contribution in [0.25, 0.3) is 0 Å². The molecule has 6 heavy (non-hydrogen) atoms. The molecular weight excluding hydrogens is 67.0 g/mol. The predicted molar refractivity (Wildman–Crippen MR) is 32.2 cm³/mol. The molecule has 0 aromatic carbocycles. The molecule has 0 radical (unpaired) electrons. The third-order valence-electron chi connectivity index (χ3n) is 0.348. The number of allylic oxidation sites excluding steroid dienone is 2. The summed E-state index contributed by atoms with van der Waals surface area (Å²) < 4.78 is 0. The second-order valence-electron chi connectivity index (χ2n) is 1.05. The van der Waals surface area contributed by atoms with Crippen molar-refractivity contribution in [2.45, 2.75) is 6.92 Å². The molecule has 0 amide bonds. The van der Waals surface area contributed by atoms with E-state index in [-0.39, 0.29) is 18.9 Å². The van der Waals surface area contributed by atoms with Gasteiger partial charge in [0, 0.05) is 0 Å². The van der Waals surface area contributed by atoms with Crippen LogP contribution < -0.4 is 0 Å². The van der Waals surface area contributed by atoms with Crippen LogP contribution >= 0.6 is 0 Å². The summed E-state index contributed by atoms with van der Waals surface area (Å²) in [5.41, 5.74) is 1.02. The minimum absolute atomic E-state index is 0. The third-order valence-corrected chi connectivity index (χ3v) is 0.348. The van der Waals surface area contributed by atoms with Gasteiger partial charge in [-0.2, -0.15) is 0 Å². The molecule has 0 saturated carbocycles. The maximum atomic E-state index is 3.56. The van der Waals surface area contributed by atoms with Crippen molar-refractivity contribution in [2.24, 2.45) is 0 Å². The standard InChI is InChI=1S/C5H8.Li.H/c1-4-5(2)3;;/h4H,1-2H2,3H3;;. The van der Waals surface area contributed by atoms with Crippen molar-refractivity contribution in [1.29, 1.82) is 0 Å². The second-order valence-corrected chi connectivity index (χ2v) is 1.05. The van der Waals surface area contributed by atoms with Gasteiger partial charge in [0.05, 0.1) is 0 Å². The summed E-state index contributed by atoms with van der Waals surface area (Å²) in [5, 5.41) is 0. The van der Waals surface area contributed by atoms with E-state index in [9.17, 15) is 0 Å². The Labute approximate surface area is 51.1 Å². The van der Waals surface area contributed by atoms with Gasteiger partial charge in [-0.1, -0.05) is 24.8 Å². The topological polar surface area (TPSA) is 0 Å². The molecule has 0 aliphatic heterocycles. The molecule has 0 rings (SSSR count). The zero-order valence-corrected chi connectivity index (χ0v) is 3.49. The first-order valence-electron chi connectivity index (χ1n) is 1.55. The van der Waals surface area contributed by atoms with Crippen LogP contribution in [0.1, 0.15) is 6.92 Å². The van der Waals surface area contributed by atoms with E-state index < -0.39 is 0 Å². The van der Waals surface area contributed by atoms with Crippen molar-refractivity contribution < 1.29 is 0 Å². The van der Waals surface area contributed by atoms with Crippen LogP contribution in [0, 0.1) is 0 Å². The van der Waals surface area contributed by atoms with E-state index in [4.69, 9.17) is 0 Å². The maximum absolute atomic E-state index is 3.56. The molecule has 30 valence electrons. The van der Waals surface area contributed by atoms with E-state index in [1.165, 1.54) is 0 Å². The summed E-state index contributed by atoms with van der Waals surface area (Å²) in [6, 6.07) is 0. The van der Waals surface area contributed by atoms with Crippen LogP contribution in [0.15, 0.2) is 24.8 Å². The van der Waals surface area contributed by atoms with Crippen molar-refractivity contribution in [3.05, 3.63) is 24.8 Å². The Kier molecular flexibility index (Phi) is 7.97. The van der Waals surface area contributed by atoms with Crippen LogP contribution in [0.5, 0.6) is 0 Å². The Morgan fingerprint density at radius 3 is 1.83 bits per heavy atom. The second kappa shape index (κ2) is 5.08. The summed E-state index contributed by atoms with van der Waals surface area (Å²) >= 11 is 0. The number of hydrogen-bond donors (Lipinski definition) is 0. The molecule has 0 bridgehead atoms. The molecular formula is C5H9Li. The molecule has 0 saturated heterocycles. The van der Waals surface area contributed by atoms with Crippen molar-refractivity contribution in [2.75, 3.05) is 0 Å². The molecule has 0 aliphatic rings. The quantitative estimate of drug-likeness (QED) is 0.324. The Bertz CT molecular complexity index is 55.0. The number of hydrogen-bond acceptors (Lipinski definition) is 0. The molecule has 0 atom stereocenters. The zero-order valence-electron chi connectivity index (χ0n) is 3.49. The fourth-order valence-electron chi connectivity index (χ4n) is 0. The summed E-state index contributed by atoms with van der Waals surface area (Å²) in [6.45, 7) is 8.93. The fourth-order valence-corrected chi connectivity index (χ4v) is 0. The predicted octanol–water partition coefficient (Wildman–Crippen LogP) is 1.10. The average Bonchev–Trinajstić information content (AvgIpc) is 1.38. The van der Waals surface area contributed by atoms with E-state index in [2.05, 4.69) is 13.2 Å². The molecule has 1 heteroatoms. The summed E-state index contributed by atoms with van der Waals surface area (Å²) in [5.74, 6) is 0. The van der Waals surface area contributed by atoms with Crippen molar-refractivity contribution in [1.82, 2.24) is 0 Å². The Morgan fingerprint density at radius 1 is 1.67 bits per heavy atom. The van der Waals surface area contributed by atoms with Gasteiger partial charge in [-0.15, -0.1) is 0 Å². The molecule has 0 nitrogen and oxygen atoms in total. The van der Waals surface area contributed by atoms with Gasteiger partial charge in [0.25, 0.3) is 0 Å². The SMILES string of the molecule is C=CC(=C)C.[LiH]. The van der Waals surface area contributed by atoms with Gasteiger partial charge in [0.2, 0.25) is 0 Å². The molecule has 0 aromatic heterocycles. The van der Waals surface area contributed by atoms with E-state index in [1.54, 1.807) is 6.08 Å². The first kappa shape index (κ1) is 9.42. The summed E-state index contributed by atoms with van der Waals surface area (Å²) in [6.07, 6.45) is 1.72. The van der Waals surface area contributed by atoms with Gasteiger partial charge in [-0.3, -0.25) is 0 Å². The zero-order chi connectivity index (χ0) is 4.28. The summed E-state index contributed by atoms with van der Waals surface area (Å²) in [4.78, 5) is 0. The van der Waals surface area contributed by atoms with Gasteiger partial charge in [-0.25, -0.2) is 0 Å². The van der Waals surface area contributed by atoms with Crippen LogP contribution in [0.4, 0.5) is 0 Å².